The molecule has 3 heterocycles. The van der Waals surface area contributed by atoms with E-state index >= 15 is 0 Å². The number of nitrogens with one attached hydrogen (secondary N) is 2. The Kier molecular flexibility index (Phi) is 8.79. The first kappa shape index (κ1) is 28.9. The van der Waals surface area contributed by atoms with Gasteiger partial charge in [-0.3, -0.25) is 24.7 Å². The van der Waals surface area contributed by atoms with Gasteiger partial charge in [0.1, 0.15) is 0 Å². The standard InChI is InChI=1S/C31H41N5O5/c1-20-16-25(31(39)36-13-7-15-41-21(2)19-36)29(27(17-20)34(3)40)32-22-8-6-12-35(14-11-22)30(38)24-18-28(37)33-26-10-5-4-9-23(24)26/h4-5,9-10,16-17,21-22,24,32,40H,6-8,11-15,18-19H2,1-3H3,(H,33,37)/t21-,22-,24+/m1/s1. The molecule has 0 aromatic heterocycles. The van der Waals surface area contributed by atoms with Crippen molar-refractivity contribution in [3.63, 3.8) is 0 Å². The van der Waals surface area contributed by atoms with Crippen molar-refractivity contribution in [1.82, 2.24) is 9.80 Å². The number of aryl methyl sites for hydroxylation is 1. The van der Waals surface area contributed by atoms with E-state index in [0.717, 1.165) is 35.5 Å². The minimum absolute atomic E-state index is 0.00547. The summed E-state index contributed by atoms with van der Waals surface area (Å²) in [7, 11) is 1.56. The zero-order valence-corrected chi connectivity index (χ0v) is 24.2. The van der Waals surface area contributed by atoms with Gasteiger partial charge in [-0.15, -0.1) is 0 Å². The van der Waals surface area contributed by atoms with E-state index < -0.39 is 5.92 Å². The normalized spacial score (nSPS) is 23.1. The molecule has 2 aromatic carbocycles. The van der Waals surface area contributed by atoms with Crippen LogP contribution in [0.3, 0.4) is 0 Å². The molecule has 0 aliphatic carbocycles. The third-order valence-electron chi connectivity index (χ3n) is 8.27. The predicted octanol–water partition coefficient (Wildman–Crippen LogP) is 3.99. The molecule has 3 aliphatic heterocycles. The van der Waals surface area contributed by atoms with Crippen LogP contribution in [0.15, 0.2) is 36.4 Å². The van der Waals surface area contributed by atoms with Gasteiger partial charge in [0.05, 0.1) is 29.0 Å². The highest BCUT2D eigenvalue weighted by atomic mass is 16.5. The zero-order valence-electron chi connectivity index (χ0n) is 24.2. The molecule has 41 heavy (non-hydrogen) atoms. The summed E-state index contributed by atoms with van der Waals surface area (Å²) in [6.45, 7) is 6.80. The molecule has 0 bridgehead atoms. The number of benzene rings is 2. The molecule has 0 spiro atoms. The van der Waals surface area contributed by atoms with Crippen molar-refractivity contribution in [2.75, 3.05) is 55.5 Å². The number of fused-ring (bicyclic) bond motifs is 1. The second kappa shape index (κ2) is 12.5. The number of rotatable bonds is 5. The Hall–Kier alpha value is -3.63. The van der Waals surface area contributed by atoms with E-state index in [1.807, 2.05) is 60.0 Å². The fraction of sp³-hybridized carbons (Fsp3) is 0.516. The number of hydroxylamine groups is 1. The number of carbonyl (C=O) groups is 3. The first-order valence-electron chi connectivity index (χ1n) is 14.6. The molecule has 5 rings (SSSR count). The smallest absolute Gasteiger partial charge is 0.256 e. The highest BCUT2D eigenvalue weighted by Crippen LogP contribution is 2.36. The summed E-state index contributed by atoms with van der Waals surface area (Å²) >= 11 is 0. The largest absolute Gasteiger partial charge is 0.380 e. The second-order valence-electron chi connectivity index (χ2n) is 11.5. The average Bonchev–Trinajstić information content (AvgIpc) is 3.32. The van der Waals surface area contributed by atoms with Crippen LogP contribution in [0.25, 0.3) is 0 Å². The molecule has 3 N–H and O–H groups in total. The van der Waals surface area contributed by atoms with E-state index in [2.05, 4.69) is 10.6 Å². The molecule has 10 nitrogen and oxygen atoms in total. The summed E-state index contributed by atoms with van der Waals surface area (Å²) in [6.07, 6.45) is 3.14. The van der Waals surface area contributed by atoms with Crippen LogP contribution in [0, 0.1) is 6.92 Å². The second-order valence-corrected chi connectivity index (χ2v) is 11.5. The predicted molar refractivity (Wildman–Crippen MR) is 158 cm³/mol. The van der Waals surface area contributed by atoms with Gasteiger partial charge in [-0.05, 0) is 68.9 Å². The SMILES string of the molecule is Cc1cc(C(=O)N2CCCO[C@H](C)C2)c(N[C@@H]2CCCN(C(=O)[C@H]3CC(=O)Nc4ccccc43)CC2)c(N(C)O)c1. The Bertz CT molecular complexity index is 1300. The number of hydrogen-bond donors (Lipinski definition) is 3. The van der Waals surface area contributed by atoms with Crippen molar-refractivity contribution in [2.45, 2.75) is 64.0 Å². The lowest BCUT2D eigenvalue weighted by molar-refractivity contribution is -0.134. The topological polar surface area (TPSA) is 114 Å². The first-order chi connectivity index (χ1) is 19.7. The van der Waals surface area contributed by atoms with Gasteiger partial charge in [0.15, 0.2) is 0 Å². The van der Waals surface area contributed by atoms with Crippen molar-refractivity contribution in [3.05, 3.63) is 53.1 Å². The van der Waals surface area contributed by atoms with Crippen LogP contribution in [0.5, 0.6) is 0 Å². The highest BCUT2D eigenvalue weighted by Gasteiger charge is 2.34. The fourth-order valence-corrected chi connectivity index (χ4v) is 6.21. The number of anilines is 3. The lowest BCUT2D eigenvalue weighted by Crippen LogP contribution is -2.39. The first-order valence-corrected chi connectivity index (χ1v) is 14.6. The van der Waals surface area contributed by atoms with Crippen LogP contribution in [0.1, 0.15) is 66.4 Å². The van der Waals surface area contributed by atoms with E-state index in [9.17, 15) is 19.6 Å². The van der Waals surface area contributed by atoms with Gasteiger partial charge in [-0.2, -0.15) is 0 Å². The van der Waals surface area contributed by atoms with Crippen molar-refractivity contribution < 1.29 is 24.3 Å². The maximum atomic E-state index is 13.8. The van der Waals surface area contributed by atoms with Gasteiger partial charge >= 0.3 is 0 Å². The van der Waals surface area contributed by atoms with Crippen LogP contribution < -0.4 is 15.7 Å². The van der Waals surface area contributed by atoms with Gasteiger partial charge in [-0.1, -0.05) is 18.2 Å². The lowest BCUT2D eigenvalue weighted by atomic mass is 9.89. The summed E-state index contributed by atoms with van der Waals surface area (Å²) in [5, 5.41) is 18.1. The third kappa shape index (κ3) is 6.49. The van der Waals surface area contributed by atoms with Crippen LogP contribution in [-0.2, 0) is 14.3 Å². The molecular formula is C31H41N5O5. The van der Waals surface area contributed by atoms with E-state index in [0.29, 0.717) is 61.8 Å². The van der Waals surface area contributed by atoms with E-state index in [1.54, 1.807) is 7.05 Å². The minimum Gasteiger partial charge on any atom is -0.380 e. The summed E-state index contributed by atoms with van der Waals surface area (Å²) in [5.74, 6) is -0.733. The van der Waals surface area contributed by atoms with Crippen LogP contribution in [0.2, 0.25) is 0 Å². The Labute approximate surface area is 241 Å². The van der Waals surface area contributed by atoms with Gasteiger partial charge < -0.3 is 25.2 Å². The summed E-state index contributed by atoms with van der Waals surface area (Å²) in [6, 6.07) is 11.3. The van der Waals surface area contributed by atoms with Crippen LogP contribution in [-0.4, -0.2) is 84.7 Å². The number of hydrogen-bond acceptors (Lipinski definition) is 7. The molecular weight excluding hydrogens is 522 g/mol. The minimum atomic E-state index is -0.486. The number of amides is 3. The molecule has 0 unspecified atom stereocenters. The van der Waals surface area contributed by atoms with Crippen LogP contribution >= 0.6 is 0 Å². The summed E-state index contributed by atoms with van der Waals surface area (Å²) < 4.78 is 5.76. The van der Waals surface area contributed by atoms with Crippen molar-refractivity contribution in [3.8, 4) is 0 Å². The van der Waals surface area contributed by atoms with Crippen molar-refractivity contribution in [1.29, 1.82) is 0 Å². The molecule has 3 aliphatic rings. The molecule has 2 fully saturated rings. The summed E-state index contributed by atoms with van der Waals surface area (Å²) in [4.78, 5) is 43.6. The maximum absolute atomic E-state index is 13.8. The maximum Gasteiger partial charge on any atom is 0.256 e. The quantitative estimate of drug-likeness (QED) is 0.472. The monoisotopic (exact) mass is 563 g/mol. The Morgan fingerprint density at radius 1 is 1.10 bits per heavy atom. The fourth-order valence-electron chi connectivity index (χ4n) is 6.21. The van der Waals surface area contributed by atoms with E-state index in [1.165, 1.54) is 0 Å². The number of ether oxygens (including phenoxy) is 1. The van der Waals surface area contributed by atoms with Gasteiger partial charge in [0, 0.05) is 58.0 Å². The molecule has 3 atom stereocenters. The third-order valence-corrected chi connectivity index (χ3v) is 8.27. The van der Waals surface area contributed by atoms with Crippen molar-refractivity contribution in [2.24, 2.45) is 0 Å². The lowest BCUT2D eigenvalue weighted by Gasteiger charge is -2.30. The summed E-state index contributed by atoms with van der Waals surface area (Å²) in [5.41, 5.74) is 4.11. The number of likely N-dealkylation sites (tertiary alicyclic amines) is 1. The highest BCUT2D eigenvalue weighted by molar-refractivity contribution is 6.03. The molecule has 3 amide bonds. The van der Waals surface area contributed by atoms with Gasteiger partial charge in [0.2, 0.25) is 11.8 Å². The van der Waals surface area contributed by atoms with Crippen LogP contribution in [0.4, 0.5) is 17.1 Å². The Balaban J connectivity index is 1.34. The average molecular weight is 564 g/mol. The Morgan fingerprint density at radius 2 is 1.88 bits per heavy atom. The van der Waals surface area contributed by atoms with E-state index in [4.69, 9.17) is 4.74 Å². The molecule has 0 radical (unpaired) electrons. The molecule has 220 valence electrons. The zero-order chi connectivity index (χ0) is 29.1. The molecule has 0 saturated carbocycles. The number of para-hydroxylation sites is 1. The number of nitrogens with zero attached hydrogens (tertiary/aromatic N) is 3. The van der Waals surface area contributed by atoms with Gasteiger partial charge in [0.25, 0.3) is 5.91 Å². The molecule has 10 heteroatoms. The van der Waals surface area contributed by atoms with Gasteiger partial charge in [-0.25, -0.2) is 0 Å². The number of carbonyl (C=O) groups excluding carboxylic acids is 3. The molecule has 2 saturated heterocycles. The Morgan fingerprint density at radius 3 is 2.68 bits per heavy atom. The molecule has 2 aromatic rings. The van der Waals surface area contributed by atoms with Crippen molar-refractivity contribution >= 4 is 34.8 Å². The van der Waals surface area contributed by atoms with E-state index in [-0.39, 0.29) is 36.3 Å².